The van der Waals surface area contributed by atoms with Gasteiger partial charge in [0, 0.05) is 24.8 Å². The van der Waals surface area contributed by atoms with E-state index in [1.807, 2.05) is 6.20 Å². The zero-order valence-corrected chi connectivity index (χ0v) is 17.8. The maximum atomic E-state index is 13.1. The number of nitrogens with one attached hydrogen (secondary N) is 1. The van der Waals surface area contributed by atoms with E-state index in [1.165, 1.54) is 37.1 Å². The average Bonchev–Trinajstić information content (AvgIpc) is 3.23. The maximum Gasteiger partial charge on any atom is 0.261 e. The van der Waals surface area contributed by atoms with E-state index < -0.39 is 6.10 Å². The van der Waals surface area contributed by atoms with E-state index in [0.717, 1.165) is 43.1 Å². The standard InChI is InChI=1S/C23H29FN4O2/c1-15(30-17-8-6-16(24)7-9-17)21(29)26-19-12-23(2,3)13-20-18(19)14-25-22(27-20)28-10-4-5-11-28/h6-9,14-15,19H,4-5,10-13H2,1-3H3,(H,26,29)/t15-,19+/m1/s1. The molecule has 2 atom stereocenters. The van der Waals surface area contributed by atoms with E-state index in [0.29, 0.717) is 5.75 Å². The molecule has 0 spiro atoms. The fraction of sp³-hybridized carbons (Fsp3) is 0.522. The second kappa shape index (κ2) is 8.20. The largest absolute Gasteiger partial charge is 0.481 e. The number of fused-ring (bicyclic) bond motifs is 1. The van der Waals surface area contributed by atoms with Gasteiger partial charge < -0.3 is 15.0 Å². The Bertz CT molecular complexity index is 910. The van der Waals surface area contributed by atoms with Crippen LogP contribution in [-0.4, -0.2) is 35.1 Å². The Kier molecular flexibility index (Phi) is 5.62. The molecule has 0 bridgehead atoms. The van der Waals surface area contributed by atoms with Gasteiger partial charge in [-0.2, -0.15) is 0 Å². The summed E-state index contributed by atoms with van der Waals surface area (Å²) in [6, 6.07) is 5.50. The third kappa shape index (κ3) is 4.55. The van der Waals surface area contributed by atoms with Gasteiger partial charge in [-0.05, 0) is 62.3 Å². The Balaban J connectivity index is 1.49. The third-order valence-corrected chi connectivity index (χ3v) is 5.87. The number of carbonyl (C=O) groups excluding carboxylic acids is 1. The second-order valence-electron chi connectivity index (χ2n) is 9.09. The van der Waals surface area contributed by atoms with E-state index >= 15 is 0 Å². The number of rotatable bonds is 5. The lowest BCUT2D eigenvalue weighted by Crippen LogP contribution is -2.42. The van der Waals surface area contributed by atoms with Gasteiger partial charge in [-0.3, -0.25) is 4.79 Å². The summed E-state index contributed by atoms with van der Waals surface area (Å²) in [5.41, 5.74) is 2.02. The van der Waals surface area contributed by atoms with Gasteiger partial charge in [-0.25, -0.2) is 14.4 Å². The molecule has 0 radical (unpaired) electrons. The predicted octanol–water partition coefficient (Wildman–Crippen LogP) is 3.81. The van der Waals surface area contributed by atoms with Crippen LogP contribution in [0.15, 0.2) is 30.5 Å². The highest BCUT2D eigenvalue weighted by Gasteiger charge is 2.35. The van der Waals surface area contributed by atoms with Crippen molar-refractivity contribution >= 4 is 11.9 Å². The van der Waals surface area contributed by atoms with Crippen molar-refractivity contribution in [1.82, 2.24) is 15.3 Å². The van der Waals surface area contributed by atoms with Crippen LogP contribution in [0.1, 0.15) is 57.3 Å². The number of carbonyl (C=O) groups is 1. The monoisotopic (exact) mass is 412 g/mol. The number of hydrogen-bond donors (Lipinski definition) is 1. The second-order valence-corrected chi connectivity index (χ2v) is 9.09. The highest BCUT2D eigenvalue weighted by molar-refractivity contribution is 5.81. The molecular weight excluding hydrogens is 383 g/mol. The number of aromatic nitrogens is 2. The Morgan fingerprint density at radius 1 is 1.27 bits per heavy atom. The molecule has 1 aliphatic carbocycles. The summed E-state index contributed by atoms with van der Waals surface area (Å²) in [6.45, 7) is 8.10. The fourth-order valence-electron chi connectivity index (χ4n) is 4.29. The Morgan fingerprint density at radius 3 is 2.67 bits per heavy atom. The molecule has 1 fully saturated rings. The molecule has 7 heteroatoms. The van der Waals surface area contributed by atoms with Gasteiger partial charge >= 0.3 is 0 Å². The van der Waals surface area contributed by atoms with E-state index in [4.69, 9.17) is 9.72 Å². The number of nitrogens with zero attached hydrogens (tertiary/aromatic N) is 3. The first-order valence-corrected chi connectivity index (χ1v) is 10.6. The zero-order valence-electron chi connectivity index (χ0n) is 17.8. The van der Waals surface area contributed by atoms with Crippen LogP contribution in [-0.2, 0) is 11.2 Å². The van der Waals surface area contributed by atoms with Crippen LogP contribution in [0.4, 0.5) is 10.3 Å². The van der Waals surface area contributed by atoms with Gasteiger partial charge in [0.1, 0.15) is 11.6 Å². The maximum absolute atomic E-state index is 13.1. The lowest BCUT2D eigenvalue weighted by Gasteiger charge is -2.37. The SMILES string of the molecule is C[C@@H](Oc1ccc(F)cc1)C(=O)N[C@H]1CC(C)(C)Cc2nc(N3CCCC3)ncc21. The van der Waals surface area contributed by atoms with Gasteiger partial charge in [0.15, 0.2) is 6.10 Å². The quantitative estimate of drug-likeness (QED) is 0.809. The van der Waals surface area contributed by atoms with Crippen LogP contribution in [0.5, 0.6) is 5.75 Å². The molecule has 1 aliphatic heterocycles. The van der Waals surface area contributed by atoms with Crippen molar-refractivity contribution in [2.24, 2.45) is 5.41 Å². The minimum atomic E-state index is -0.700. The molecule has 1 amide bonds. The van der Waals surface area contributed by atoms with Crippen LogP contribution in [0.3, 0.4) is 0 Å². The first-order chi connectivity index (χ1) is 14.3. The summed E-state index contributed by atoms with van der Waals surface area (Å²) in [5.74, 6) is 0.703. The minimum Gasteiger partial charge on any atom is -0.481 e. The Hall–Kier alpha value is -2.70. The highest BCUT2D eigenvalue weighted by atomic mass is 19.1. The van der Waals surface area contributed by atoms with E-state index in [9.17, 15) is 9.18 Å². The number of ether oxygens (including phenoxy) is 1. The van der Waals surface area contributed by atoms with Crippen molar-refractivity contribution in [3.63, 3.8) is 0 Å². The molecule has 6 nitrogen and oxygen atoms in total. The average molecular weight is 413 g/mol. The van der Waals surface area contributed by atoms with Crippen molar-refractivity contribution in [2.75, 3.05) is 18.0 Å². The first-order valence-electron chi connectivity index (χ1n) is 10.6. The van der Waals surface area contributed by atoms with Gasteiger partial charge in [0.2, 0.25) is 5.95 Å². The molecule has 1 aromatic heterocycles. The Labute approximate surface area is 176 Å². The molecule has 2 aromatic rings. The van der Waals surface area contributed by atoms with Crippen molar-refractivity contribution < 1.29 is 13.9 Å². The Morgan fingerprint density at radius 2 is 1.97 bits per heavy atom. The summed E-state index contributed by atoms with van der Waals surface area (Å²) in [6.07, 6.45) is 5.20. The highest BCUT2D eigenvalue weighted by Crippen LogP contribution is 2.40. The summed E-state index contributed by atoms with van der Waals surface area (Å²) in [7, 11) is 0. The smallest absolute Gasteiger partial charge is 0.261 e. The summed E-state index contributed by atoms with van der Waals surface area (Å²) in [5, 5.41) is 3.12. The number of benzene rings is 1. The molecule has 2 heterocycles. The van der Waals surface area contributed by atoms with Crippen LogP contribution < -0.4 is 15.0 Å². The topological polar surface area (TPSA) is 67.3 Å². The van der Waals surface area contributed by atoms with Gasteiger partial charge in [0.25, 0.3) is 5.91 Å². The molecule has 0 saturated carbocycles. The molecule has 0 unspecified atom stereocenters. The van der Waals surface area contributed by atoms with Crippen molar-refractivity contribution in [3.05, 3.63) is 47.5 Å². The summed E-state index contributed by atoms with van der Waals surface area (Å²) < 4.78 is 18.8. The van der Waals surface area contributed by atoms with Crippen LogP contribution in [0.25, 0.3) is 0 Å². The number of halogens is 1. The number of amides is 1. The lowest BCUT2D eigenvalue weighted by atomic mass is 9.74. The molecule has 1 saturated heterocycles. The minimum absolute atomic E-state index is 0.0165. The third-order valence-electron chi connectivity index (χ3n) is 5.87. The molecule has 4 rings (SSSR count). The van der Waals surface area contributed by atoms with Crippen molar-refractivity contribution in [1.29, 1.82) is 0 Å². The molecule has 160 valence electrons. The first kappa shape index (κ1) is 20.6. The summed E-state index contributed by atoms with van der Waals surface area (Å²) in [4.78, 5) is 24.5. The molecular formula is C23H29FN4O2. The predicted molar refractivity (Wildman–Crippen MR) is 113 cm³/mol. The molecule has 2 aliphatic rings. The van der Waals surface area contributed by atoms with Gasteiger partial charge in [-0.1, -0.05) is 13.8 Å². The zero-order chi connectivity index (χ0) is 21.3. The van der Waals surface area contributed by atoms with Gasteiger partial charge in [-0.15, -0.1) is 0 Å². The van der Waals surface area contributed by atoms with Crippen LogP contribution >= 0.6 is 0 Å². The normalized spacial score (nSPS) is 21.1. The van der Waals surface area contributed by atoms with Crippen molar-refractivity contribution in [3.8, 4) is 5.75 Å². The molecule has 1 aromatic carbocycles. The van der Waals surface area contributed by atoms with E-state index in [-0.39, 0.29) is 23.2 Å². The molecule has 1 N–H and O–H groups in total. The van der Waals surface area contributed by atoms with Crippen LogP contribution in [0, 0.1) is 11.2 Å². The van der Waals surface area contributed by atoms with Crippen molar-refractivity contribution in [2.45, 2.75) is 58.6 Å². The fourth-order valence-corrected chi connectivity index (χ4v) is 4.29. The molecule has 30 heavy (non-hydrogen) atoms. The van der Waals surface area contributed by atoms with Crippen LogP contribution in [0.2, 0.25) is 0 Å². The van der Waals surface area contributed by atoms with E-state index in [2.05, 4.69) is 29.0 Å². The lowest BCUT2D eigenvalue weighted by molar-refractivity contribution is -0.128. The van der Waals surface area contributed by atoms with E-state index in [1.54, 1.807) is 6.92 Å². The number of hydrogen-bond acceptors (Lipinski definition) is 5. The summed E-state index contributed by atoms with van der Waals surface area (Å²) >= 11 is 0. The van der Waals surface area contributed by atoms with Gasteiger partial charge in [0.05, 0.1) is 11.7 Å². The number of anilines is 1.